The zero-order valence-electron chi connectivity index (χ0n) is 27.5. The molecule has 12 nitrogen and oxygen atoms in total. The first-order valence-electron chi connectivity index (χ1n) is 16.6. The van der Waals surface area contributed by atoms with Gasteiger partial charge in [-0.3, -0.25) is 0 Å². The van der Waals surface area contributed by atoms with Crippen LogP contribution >= 0.6 is 0 Å². The van der Waals surface area contributed by atoms with E-state index in [2.05, 4.69) is 27.7 Å². The van der Waals surface area contributed by atoms with Crippen LogP contribution in [0.4, 0.5) is 0 Å². The van der Waals surface area contributed by atoms with E-state index in [4.69, 9.17) is 37.9 Å². The van der Waals surface area contributed by atoms with E-state index >= 15 is 0 Å². The van der Waals surface area contributed by atoms with E-state index in [0.29, 0.717) is 31.6 Å². The Morgan fingerprint density at radius 3 is 1.18 bits per heavy atom. The van der Waals surface area contributed by atoms with E-state index in [1.165, 1.54) is 0 Å². The number of hydrogen-bond acceptors (Lipinski definition) is 12. The van der Waals surface area contributed by atoms with Crippen molar-refractivity contribution in [2.45, 2.75) is 184 Å². The molecular weight excluding hydrogens is 576 g/mol. The van der Waals surface area contributed by atoms with Gasteiger partial charge in [-0.1, -0.05) is 41.5 Å². The molecule has 0 amide bonds. The van der Waals surface area contributed by atoms with Gasteiger partial charge in [0.15, 0.2) is 23.1 Å². The normalized spacial score (nSPS) is 55.7. The summed E-state index contributed by atoms with van der Waals surface area (Å²) in [6.45, 7) is 17.5. The molecule has 6 aliphatic rings. The van der Waals surface area contributed by atoms with E-state index in [1.54, 1.807) is 13.8 Å². The molecule has 6 rings (SSSR count). The van der Waals surface area contributed by atoms with Crippen LogP contribution in [-0.4, -0.2) is 117 Å². The fourth-order valence-electron chi connectivity index (χ4n) is 8.48. The van der Waals surface area contributed by atoms with Crippen LogP contribution in [-0.2, 0) is 37.9 Å². The summed E-state index contributed by atoms with van der Waals surface area (Å²) in [6.07, 6.45) is -8.60. The summed E-state index contributed by atoms with van der Waals surface area (Å²) in [4.78, 5) is 0. The molecule has 0 spiro atoms. The molecule has 4 heterocycles. The van der Waals surface area contributed by atoms with Crippen molar-refractivity contribution in [2.75, 3.05) is 0 Å². The maximum atomic E-state index is 11.5. The Kier molecular flexibility index (Phi) is 8.59. The smallest absolute Gasteiger partial charge is 0.170 e. The van der Waals surface area contributed by atoms with Gasteiger partial charge in [-0.25, -0.2) is 0 Å². The highest BCUT2D eigenvalue weighted by Gasteiger charge is 2.67. The number of fused-ring (bicyclic) bond motifs is 4. The van der Waals surface area contributed by atoms with Crippen molar-refractivity contribution in [3.63, 3.8) is 0 Å². The molecule has 4 aliphatic heterocycles. The summed E-state index contributed by atoms with van der Waals surface area (Å²) < 4.78 is 50.7. The van der Waals surface area contributed by atoms with Crippen molar-refractivity contribution in [2.24, 2.45) is 17.8 Å². The molecule has 44 heavy (non-hydrogen) atoms. The summed E-state index contributed by atoms with van der Waals surface area (Å²) in [5.41, 5.74) is 0. The Bertz CT molecular complexity index is 1000. The lowest BCUT2D eigenvalue weighted by molar-refractivity contribution is -0.254. The second-order valence-corrected chi connectivity index (χ2v) is 15.5. The summed E-state index contributed by atoms with van der Waals surface area (Å²) in [5, 5.41) is 45.5. The van der Waals surface area contributed by atoms with Crippen molar-refractivity contribution in [3.8, 4) is 0 Å². The maximum Gasteiger partial charge on any atom is 0.170 e. The van der Waals surface area contributed by atoms with Crippen LogP contribution in [0.25, 0.3) is 0 Å². The molecular formula is C32H54O12. The highest BCUT2D eigenvalue weighted by Crippen LogP contribution is 2.52. The lowest BCUT2D eigenvalue weighted by Gasteiger charge is -2.38. The van der Waals surface area contributed by atoms with E-state index in [1.807, 2.05) is 20.8 Å². The molecule has 6 fully saturated rings. The fraction of sp³-hybridized carbons (Fsp3) is 1.00. The van der Waals surface area contributed by atoms with Crippen LogP contribution in [0.2, 0.25) is 0 Å². The third-order valence-electron chi connectivity index (χ3n) is 10.6. The number of rotatable bonds is 8. The molecule has 4 N–H and O–H groups in total. The molecule has 0 bridgehead atoms. The summed E-state index contributed by atoms with van der Waals surface area (Å²) in [6, 6.07) is 0. The van der Waals surface area contributed by atoms with Gasteiger partial charge in [0.05, 0.1) is 0 Å². The van der Waals surface area contributed by atoms with E-state index in [0.717, 1.165) is 0 Å². The largest absolute Gasteiger partial charge is 0.387 e. The van der Waals surface area contributed by atoms with Crippen LogP contribution in [0.1, 0.15) is 88.0 Å². The summed E-state index contributed by atoms with van der Waals surface area (Å²) in [5.74, 6) is -4.11. The van der Waals surface area contributed by atoms with E-state index < -0.39 is 96.4 Å². The van der Waals surface area contributed by atoms with Crippen LogP contribution in [0.3, 0.4) is 0 Å². The number of aliphatic hydroxyl groups is 4. The standard InChI is InChI=1S/C32H54O12/c1-10-29(7)37-21-17(33)25-26(18(34)22(21)38-29)42-31(9,41-25)16(6)13-32(12-15(4)5)43-27-19(35)23-24(20(36)28(27)44-32)40-30(8,39-23)11-14(2)3/h14-28,33-36H,10-13H2,1-9H3/t16?,17-,18-,19+,20+,21-,22+,23+,24+,25+,26+,27-,28+,29?,30?,31?,32?/m1/s1. The second-order valence-electron chi connectivity index (χ2n) is 15.5. The predicted molar refractivity (Wildman–Crippen MR) is 154 cm³/mol. The molecule has 2 saturated carbocycles. The number of ether oxygens (including phenoxy) is 8. The minimum absolute atomic E-state index is 0.156. The maximum absolute atomic E-state index is 11.5. The summed E-state index contributed by atoms with van der Waals surface area (Å²) in [7, 11) is 0. The molecule has 2 aliphatic carbocycles. The van der Waals surface area contributed by atoms with Gasteiger partial charge in [-0.2, -0.15) is 0 Å². The van der Waals surface area contributed by atoms with Crippen molar-refractivity contribution in [1.29, 1.82) is 0 Å². The molecule has 4 saturated heterocycles. The Morgan fingerprint density at radius 1 is 0.477 bits per heavy atom. The quantitative estimate of drug-likeness (QED) is 0.310. The van der Waals surface area contributed by atoms with Gasteiger partial charge in [0, 0.05) is 25.2 Å². The van der Waals surface area contributed by atoms with Crippen LogP contribution in [0.15, 0.2) is 0 Å². The molecule has 12 heteroatoms. The van der Waals surface area contributed by atoms with Crippen molar-refractivity contribution >= 4 is 0 Å². The van der Waals surface area contributed by atoms with Gasteiger partial charge >= 0.3 is 0 Å². The molecule has 17 atom stereocenters. The Labute approximate surface area is 260 Å². The zero-order valence-corrected chi connectivity index (χ0v) is 27.5. The average molecular weight is 631 g/mol. The number of aliphatic hydroxyl groups excluding tert-OH is 4. The lowest BCUT2D eigenvalue weighted by atomic mass is 9.85. The monoisotopic (exact) mass is 630 g/mol. The third-order valence-corrected chi connectivity index (χ3v) is 10.6. The molecule has 0 aromatic carbocycles. The lowest BCUT2D eigenvalue weighted by Crippen LogP contribution is -2.61. The Morgan fingerprint density at radius 2 is 0.818 bits per heavy atom. The molecule has 0 aromatic rings. The Hall–Kier alpha value is -0.480. The Balaban J connectivity index is 1.19. The van der Waals surface area contributed by atoms with Crippen molar-refractivity contribution < 1.29 is 58.3 Å². The topological polar surface area (TPSA) is 155 Å². The minimum atomic E-state index is -1.22. The first-order chi connectivity index (χ1) is 20.4. The highest BCUT2D eigenvalue weighted by atomic mass is 16.8. The van der Waals surface area contributed by atoms with Gasteiger partial charge in [0.2, 0.25) is 0 Å². The molecule has 5 unspecified atom stereocenters. The van der Waals surface area contributed by atoms with Gasteiger partial charge in [0.25, 0.3) is 0 Å². The van der Waals surface area contributed by atoms with Crippen LogP contribution in [0.5, 0.6) is 0 Å². The van der Waals surface area contributed by atoms with E-state index in [-0.39, 0.29) is 11.8 Å². The second kappa shape index (κ2) is 11.3. The van der Waals surface area contributed by atoms with Crippen molar-refractivity contribution in [3.05, 3.63) is 0 Å². The molecule has 254 valence electrons. The van der Waals surface area contributed by atoms with Gasteiger partial charge in [-0.05, 0) is 39.0 Å². The average Bonchev–Trinajstić information content (AvgIpc) is 3.67. The van der Waals surface area contributed by atoms with Gasteiger partial charge < -0.3 is 58.3 Å². The first kappa shape index (κ1) is 33.4. The molecule has 0 radical (unpaired) electrons. The molecule has 0 aromatic heterocycles. The number of hydrogen-bond donors (Lipinski definition) is 4. The highest BCUT2D eigenvalue weighted by molar-refractivity contribution is 5.11. The van der Waals surface area contributed by atoms with E-state index in [9.17, 15) is 20.4 Å². The van der Waals surface area contributed by atoms with Gasteiger partial charge in [-0.15, -0.1) is 0 Å². The first-order valence-corrected chi connectivity index (χ1v) is 16.6. The third kappa shape index (κ3) is 5.48. The zero-order chi connectivity index (χ0) is 32.1. The van der Waals surface area contributed by atoms with Crippen LogP contribution < -0.4 is 0 Å². The summed E-state index contributed by atoms with van der Waals surface area (Å²) >= 11 is 0. The fourth-order valence-corrected chi connectivity index (χ4v) is 8.48. The van der Waals surface area contributed by atoms with Crippen LogP contribution in [0, 0.1) is 17.8 Å². The van der Waals surface area contributed by atoms with Crippen molar-refractivity contribution in [1.82, 2.24) is 0 Å². The minimum Gasteiger partial charge on any atom is -0.387 e. The predicted octanol–water partition coefficient (Wildman–Crippen LogP) is 1.97. The van der Waals surface area contributed by atoms with Gasteiger partial charge in [0.1, 0.15) is 73.2 Å². The SMILES string of the molecule is CCC1(C)O[C@@H]2[C@@H](O)[C@@H]3OC(C)(C(C)CC4(CC(C)C)O[C@@H]5[C@@H](O)[C@@H]6OC(C)(CC(C)C)O[C@H]6[C@H](O)[C@@H]5O4)O[C@H]3[C@H](O)[C@@H]2O1.